The van der Waals surface area contributed by atoms with Gasteiger partial charge < -0.3 is 9.64 Å². The molecule has 5 nitrogen and oxygen atoms in total. The molecule has 1 saturated heterocycles. The summed E-state index contributed by atoms with van der Waals surface area (Å²) >= 11 is 0. The van der Waals surface area contributed by atoms with Crippen LogP contribution in [-0.2, 0) is 4.79 Å². The van der Waals surface area contributed by atoms with Gasteiger partial charge in [0.2, 0.25) is 6.41 Å². The Morgan fingerprint density at radius 1 is 1.17 bits per heavy atom. The summed E-state index contributed by atoms with van der Waals surface area (Å²) in [6.07, 6.45) is 7.49. The maximum atomic E-state index is 11.3. The van der Waals surface area contributed by atoms with Crippen molar-refractivity contribution in [1.29, 1.82) is 0 Å². The minimum Gasteiger partial charge on any atom is -0.490 e. The Morgan fingerprint density at radius 3 is 2.31 bits per heavy atom. The van der Waals surface area contributed by atoms with Crippen LogP contribution in [-0.4, -0.2) is 53.8 Å². The lowest BCUT2D eigenvalue weighted by Crippen LogP contribution is -2.46. The van der Waals surface area contributed by atoms with Crippen molar-refractivity contribution in [2.45, 2.75) is 71.9 Å². The van der Waals surface area contributed by atoms with Gasteiger partial charge in [-0.05, 0) is 68.4 Å². The average molecular weight is 400 g/mol. The molecule has 0 aromatic heterocycles. The van der Waals surface area contributed by atoms with Crippen LogP contribution in [0.15, 0.2) is 29.4 Å². The number of carbonyl (C=O) groups is 1. The van der Waals surface area contributed by atoms with E-state index in [2.05, 4.69) is 42.9 Å². The Bertz CT molecular complexity index is 674. The van der Waals surface area contributed by atoms with E-state index in [-0.39, 0.29) is 5.92 Å². The van der Waals surface area contributed by atoms with Gasteiger partial charge in [0.15, 0.2) is 0 Å². The van der Waals surface area contributed by atoms with Crippen molar-refractivity contribution in [2.75, 3.05) is 19.6 Å². The topological polar surface area (TPSA) is 45.1 Å². The number of ether oxygens (including phenoxy) is 1. The van der Waals surface area contributed by atoms with Crippen LogP contribution in [0.25, 0.3) is 0 Å². The predicted molar refractivity (Wildman–Crippen MR) is 118 cm³/mol. The monoisotopic (exact) mass is 399 g/mol. The van der Waals surface area contributed by atoms with Crippen LogP contribution < -0.4 is 4.74 Å². The number of piperidine rings is 1. The Balaban J connectivity index is 1.63. The molecule has 1 aliphatic carbocycles. The minimum absolute atomic E-state index is 0.256. The first kappa shape index (κ1) is 21.8. The van der Waals surface area contributed by atoms with Crippen LogP contribution >= 0.6 is 0 Å². The first-order chi connectivity index (χ1) is 14.0. The molecule has 1 unspecified atom stereocenters. The lowest BCUT2D eigenvalue weighted by molar-refractivity contribution is -0.118. The highest BCUT2D eigenvalue weighted by Gasteiger charge is 2.29. The number of nitrogens with zero attached hydrogens (tertiary/aromatic N) is 3. The molecule has 29 heavy (non-hydrogen) atoms. The highest BCUT2D eigenvalue weighted by atomic mass is 16.5. The molecule has 1 heterocycles. The Labute approximate surface area is 176 Å². The fourth-order valence-corrected chi connectivity index (χ4v) is 4.04. The molecule has 2 fully saturated rings. The van der Waals surface area contributed by atoms with E-state index < -0.39 is 0 Å². The number of amides is 1. The van der Waals surface area contributed by atoms with E-state index in [0.717, 1.165) is 55.4 Å². The molecule has 1 aromatic rings. The molecule has 1 aliphatic heterocycles. The lowest BCUT2D eigenvalue weighted by atomic mass is 9.89. The Hall–Kier alpha value is -1.88. The SMILES string of the molecule is CCN(C=O)/N=C(/c1ccc(OC2CCN(C3CCC3)CC2)cc1)C(C)C(C)C. The van der Waals surface area contributed by atoms with Crippen molar-refractivity contribution in [2.24, 2.45) is 16.9 Å². The van der Waals surface area contributed by atoms with Crippen molar-refractivity contribution in [3.05, 3.63) is 29.8 Å². The number of rotatable bonds is 9. The second kappa shape index (κ2) is 10.2. The van der Waals surface area contributed by atoms with E-state index in [9.17, 15) is 4.79 Å². The standard InChI is InChI=1S/C24H37N3O2/c1-5-27(17-28)25-24(19(4)18(2)3)20-9-11-22(12-10-20)29-23-13-15-26(16-14-23)21-7-6-8-21/h9-12,17-19,21,23H,5-8,13-16H2,1-4H3/b25-24+. The van der Waals surface area contributed by atoms with Crippen LogP contribution in [0.5, 0.6) is 5.75 Å². The summed E-state index contributed by atoms with van der Waals surface area (Å²) in [6, 6.07) is 9.09. The highest BCUT2D eigenvalue weighted by molar-refractivity contribution is 6.02. The molecule has 1 amide bonds. The van der Waals surface area contributed by atoms with Gasteiger partial charge in [-0.2, -0.15) is 5.10 Å². The molecule has 0 radical (unpaired) electrons. The summed E-state index contributed by atoms with van der Waals surface area (Å²) in [5.74, 6) is 1.62. The third kappa shape index (κ3) is 5.59. The second-order valence-electron chi connectivity index (χ2n) is 8.84. The van der Waals surface area contributed by atoms with Gasteiger partial charge in [-0.15, -0.1) is 0 Å². The van der Waals surface area contributed by atoms with Crippen molar-refractivity contribution in [1.82, 2.24) is 9.91 Å². The van der Waals surface area contributed by atoms with Crippen LogP contribution in [0.3, 0.4) is 0 Å². The molecule has 0 bridgehead atoms. The predicted octanol–water partition coefficient (Wildman–Crippen LogP) is 4.56. The molecule has 0 N–H and O–H groups in total. The van der Waals surface area contributed by atoms with Crippen LogP contribution in [0.2, 0.25) is 0 Å². The molecule has 5 heteroatoms. The van der Waals surface area contributed by atoms with E-state index in [1.165, 1.54) is 24.3 Å². The maximum Gasteiger partial charge on any atom is 0.229 e. The van der Waals surface area contributed by atoms with E-state index in [1.54, 1.807) is 0 Å². The molecule has 2 aliphatic rings. The molecular weight excluding hydrogens is 362 g/mol. The van der Waals surface area contributed by atoms with Crippen molar-refractivity contribution in [3.63, 3.8) is 0 Å². The van der Waals surface area contributed by atoms with E-state index in [1.807, 2.05) is 19.1 Å². The van der Waals surface area contributed by atoms with Crippen LogP contribution in [0, 0.1) is 11.8 Å². The third-order valence-electron chi connectivity index (χ3n) is 6.63. The first-order valence-electron chi connectivity index (χ1n) is 11.3. The number of hydrazone groups is 1. The third-order valence-corrected chi connectivity index (χ3v) is 6.63. The van der Waals surface area contributed by atoms with Gasteiger partial charge in [0.25, 0.3) is 0 Å². The number of hydrogen-bond acceptors (Lipinski definition) is 4. The van der Waals surface area contributed by atoms with Crippen molar-refractivity contribution >= 4 is 12.1 Å². The number of likely N-dealkylation sites (tertiary alicyclic amines) is 1. The fourth-order valence-electron chi connectivity index (χ4n) is 4.04. The van der Waals surface area contributed by atoms with E-state index in [4.69, 9.17) is 4.74 Å². The number of benzene rings is 1. The summed E-state index contributed by atoms with van der Waals surface area (Å²) in [7, 11) is 0. The minimum atomic E-state index is 0.256. The second-order valence-corrected chi connectivity index (χ2v) is 8.84. The van der Waals surface area contributed by atoms with Gasteiger partial charge in [-0.25, -0.2) is 5.01 Å². The van der Waals surface area contributed by atoms with Gasteiger partial charge in [0, 0.05) is 31.6 Å². The van der Waals surface area contributed by atoms with Gasteiger partial charge in [0.05, 0.1) is 5.71 Å². The van der Waals surface area contributed by atoms with Gasteiger partial charge in [-0.3, -0.25) is 4.79 Å². The summed E-state index contributed by atoms with van der Waals surface area (Å²) in [5, 5.41) is 6.09. The first-order valence-corrected chi connectivity index (χ1v) is 11.3. The zero-order valence-corrected chi connectivity index (χ0v) is 18.5. The largest absolute Gasteiger partial charge is 0.490 e. The maximum absolute atomic E-state index is 11.3. The Morgan fingerprint density at radius 2 is 1.83 bits per heavy atom. The molecular formula is C24H37N3O2. The number of hydrogen-bond donors (Lipinski definition) is 0. The molecule has 3 rings (SSSR count). The van der Waals surface area contributed by atoms with Crippen LogP contribution in [0.4, 0.5) is 0 Å². The number of carbonyl (C=O) groups excluding carboxylic acids is 1. The summed E-state index contributed by atoms with van der Waals surface area (Å²) in [6.45, 7) is 11.4. The van der Waals surface area contributed by atoms with Gasteiger partial charge in [-0.1, -0.05) is 27.2 Å². The fraction of sp³-hybridized carbons (Fsp3) is 0.667. The molecule has 1 saturated carbocycles. The zero-order chi connectivity index (χ0) is 20.8. The molecule has 0 spiro atoms. The average Bonchev–Trinajstić information content (AvgIpc) is 2.69. The molecule has 160 valence electrons. The van der Waals surface area contributed by atoms with E-state index >= 15 is 0 Å². The summed E-state index contributed by atoms with van der Waals surface area (Å²) in [4.78, 5) is 13.9. The normalized spacial score (nSPS) is 20.4. The lowest BCUT2D eigenvalue weighted by Gasteiger charge is -2.41. The highest BCUT2D eigenvalue weighted by Crippen LogP contribution is 2.29. The van der Waals surface area contributed by atoms with E-state index in [0.29, 0.717) is 18.6 Å². The van der Waals surface area contributed by atoms with Crippen molar-refractivity contribution in [3.8, 4) is 5.75 Å². The zero-order valence-electron chi connectivity index (χ0n) is 18.5. The molecule has 1 aromatic carbocycles. The van der Waals surface area contributed by atoms with Gasteiger partial charge in [0.1, 0.15) is 11.9 Å². The Kier molecular flexibility index (Phi) is 7.70. The van der Waals surface area contributed by atoms with Gasteiger partial charge >= 0.3 is 0 Å². The summed E-state index contributed by atoms with van der Waals surface area (Å²) in [5.41, 5.74) is 2.01. The quantitative estimate of drug-likeness (QED) is 0.347. The van der Waals surface area contributed by atoms with Crippen LogP contribution in [0.1, 0.15) is 65.4 Å². The summed E-state index contributed by atoms with van der Waals surface area (Å²) < 4.78 is 6.27. The van der Waals surface area contributed by atoms with Crippen molar-refractivity contribution < 1.29 is 9.53 Å². The smallest absolute Gasteiger partial charge is 0.229 e. The molecule has 1 atom stereocenters.